The Labute approximate surface area is 177 Å². The van der Waals surface area contributed by atoms with Gasteiger partial charge in [-0.05, 0) is 6.08 Å². The molecule has 178 valence electrons. The number of amides is 1. The van der Waals surface area contributed by atoms with Gasteiger partial charge in [0.1, 0.15) is 24.6 Å². The fraction of sp³-hybridized carbons (Fsp3) is 0.600. The normalized spacial score (nSPS) is 33.5. The van der Waals surface area contributed by atoms with Crippen molar-refractivity contribution >= 4 is 46.8 Å². The lowest BCUT2D eigenvalue weighted by molar-refractivity contribution is -0.123. The molecule has 1 fully saturated rings. The standard InChI is InChI=1S/C10H16ClFN3O13P3/c11-10(12)8(17)5(26-9(10)15-2-1-6(13)14-7(16)3-15)4-25-30(21,22)28-31(23,24)27-29(18,19)20/h1-2,5,8-9,17H,3-4H2,(H,21,22)(H,23,24)(H2,13,14,16)(H2,18,19,20)/t5-,8-,9-,10-/m1/s1. The number of phosphoric acid groups is 3. The molecule has 7 N–H and O–H groups in total. The van der Waals surface area contributed by atoms with Crippen molar-refractivity contribution in [2.75, 3.05) is 13.2 Å². The topological polar surface area (TPSA) is 248 Å². The number of hydrogen-bond donors (Lipinski definition) is 6. The number of amidine groups is 1. The number of nitrogens with zero attached hydrogens (tertiary/aromatic N) is 2. The van der Waals surface area contributed by atoms with Crippen LogP contribution >= 0.6 is 35.1 Å². The molecule has 0 aromatic heterocycles. The maximum Gasteiger partial charge on any atom is 0.490 e. The lowest BCUT2D eigenvalue weighted by Crippen LogP contribution is -2.47. The fourth-order valence-electron chi connectivity index (χ4n) is 2.38. The predicted octanol–water partition coefficient (Wildman–Crippen LogP) is -0.967. The first kappa shape index (κ1) is 26.5. The number of alkyl halides is 2. The van der Waals surface area contributed by atoms with E-state index in [2.05, 4.69) is 18.1 Å². The predicted molar refractivity (Wildman–Crippen MR) is 96.7 cm³/mol. The van der Waals surface area contributed by atoms with Crippen LogP contribution < -0.4 is 5.73 Å². The smallest absolute Gasteiger partial charge is 0.385 e. The molecule has 2 rings (SSSR count). The molecule has 0 aromatic carbocycles. The average Bonchev–Trinajstić information content (AvgIpc) is 2.66. The summed E-state index contributed by atoms with van der Waals surface area (Å²) >= 11 is 5.67. The first-order valence-electron chi connectivity index (χ1n) is 7.72. The Balaban J connectivity index is 2.07. The van der Waals surface area contributed by atoms with Crippen LogP contribution in [0.2, 0.25) is 0 Å². The summed E-state index contributed by atoms with van der Waals surface area (Å²) in [5.74, 6) is -1.00. The lowest BCUT2D eigenvalue weighted by Gasteiger charge is -2.30. The Kier molecular flexibility index (Phi) is 7.89. The molecule has 0 aromatic rings. The average molecular weight is 534 g/mol. The monoisotopic (exact) mass is 533 g/mol. The zero-order valence-electron chi connectivity index (χ0n) is 14.9. The van der Waals surface area contributed by atoms with E-state index < -0.39 is 66.1 Å². The third-order valence-electron chi connectivity index (χ3n) is 3.51. The highest BCUT2D eigenvalue weighted by Crippen LogP contribution is 2.66. The molecule has 21 heteroatoms. The van der Waals surface area contributed by atoms with Gasteiger partial charge in [-0.1, -0.05) is 11.6 Å². The van der Waals surface area contributed by atoms with E-state index in [1.165, 1.54) is 0 Å². The van der Waals surface area contributed by atoms with Gasteiger partial charge in [-0.15, -0.1) is 0 Å². The summed E-state index contributed by atoms with van der Waals surface area (Å²) in [5.41, 5.74) is 5.40. The maximum absolute atomic E-state index is 14.9. The Bertz CT molecular complexity index is 924. The van der Waals surface area contributed by atoms with E-state index in [0.717, 1.165) is 17.2 Å². The van der Waals surface area contributed by atoms with Crippen molar-refractivity contribution in [1.82, 2.24) is 4.90 Å². The molecule has 1 amide bonds. The molecule has 1 saturated heterocycles. The second kappa shape index (κ2) is 9.23. The van der Waals surface area contributed by atoms with Crippen molar-refractivity contribution in [3.8, 4) is 0 Å². The molecule has 0 aliphatic carbocycles. The second-order valence-corrected chi connectivity index (χ2v) is 11.0. The summed E-state index contributed by atoms with van der Waals surface area (Å²) in [6.07, 6.45) is -3.60. The molecule has 2 heterocycles. The minimum absolute atomic E-state index is 0.200. The first-order valence-corrected chi connectivity index (χ1v) is 12.6. The van der Waals surface area contributed by atoms with Crippen molar-refractivity contribution in [3.63, 3.8) is 0 Å². The summed E-state index contributed by atoms with van der Waals surface area (Å²) in [6.45, 7) is -1.72. The Morgan fingerprint density at radius 2 is 1.90 bits per heavy atom. The minimum Gasteiger partial charge on any atom is -0.385 e. The summed E-state index contributed by atoms with van der Waals surface area (Å²) in [5, 5.41) is 6.97. The third kappa shape index (κ3) is 7.37. The van der Waals surface area contributed by atoms with E-state index in [1.807, 2.05) is 0 Å². The van der Waals surface area contributed by atoms with Crippen molar-refractivity contribution < 1.29 is 65.4 Å². The molecule has 6 atom stereocenters. The number of hydrogen-bond acceptors (Lipinski definition) is 11. The summed E-state index contributed by atoms with van der Waals surface area (Å²) in [6, 6.07) is 0. The van der Waals surface area contributed by atoms with Crippen LogP contribution in [0.1, 0.15) is 0 Å². The van der Waals surface area contributed by atoms with Crippen molar-refractivity contribution in [2.45, 2.75) is 23.6 Å². The van der Waals surface area contributed by atoms with Gasteiger partial charge in [-0.25, -0.2) is 18.1 Å². The Morgan fingerprint density at radius 3 is 2.48 bits per heavy atom. The quantitative estimate of drug-likeness (QED) is 0.162. The molecular weight excluding hydrogens is 517 g/mol. The van der Waals surface area contributed by atoms with Crippen LogP contribution in [0.4, 0.5) is 4.39 Å². The fourth-order valence-corrected chi connectivity index (χ4v) is 5.73. The van der Waals surface area contributed by atoms with E-state index in [4.69, 9.17) is 36.8 Å². The van der Waals surface area contributed by atoms with E-state index in [-0.39, 0.29) is 5.84 Å². The van der Waals surface area contributed by atoms with Crippen LogP contribution in [0.15, 0.2) is 17.3 Å². The number of rotatable bonds is 8. The molecular formula is C10H16ClFN3O13P3. The van der Waals surface area contributed by atoms with Gasteiger partial charge in [0.25, 0.3) is 11.0 Å². The highest BCUT2D eigenvalue weighted by atomic mass is 35.5. The number of carbonyl (C=O) groups excluding carboxylic acids is 1. The van der Waals surface area contributed by atoms with E-state index in [0.29, 0.717) is 0 Å². The SMILES string of the molecule is NC1=NC(=O)CN([C@@H]2O[C@H](COP(=O)(O)OP(=O)(O)OP(=O)(O)O)[C@@H](O)[C@]2(F)Cl)C=C1. The minimum atomic E-state index is -5.77. The number of carbonyl (C=O) groups is 1. The van der Waals surface area contributed by atoms with Crippen molar-refractivity contribution in [3.05, 3.63) is 12.3 Å². The molecule has 2 aliphatic rings. The largest absolute Gasteiger partial charge is 0.490 e. The zero-order chi connectivity index (χ0) is 23.8. The van der Waals surface area contributed by atoms with E-state index >= 15 is 0 Å². The van der Waals surface area contributed by atoms with Gasteiger partial charge in [-0.3, -0.25) is 9.32 Å². The number of aliphatic imine (C=N–C) groups is 1. The molecule has 0 saturated carbocycles. The molecule has 2 aliphatic heterocycles. The molecule has 0 spiro atoms. The number of ether oxygens (including phenoxy) is 1. The molecule has 31 heavy (non-hydrogen) atoms. The summed E-state index contributed by atoms with van der Waals surface area (Å²) in [7, 11) is -16.9. The van der Waals surface area contributed by atoms with Crippen LogP contribution in [-0.4, -0.2) is 78.0 Å². The van der Waals surface area contributed by atoms with E-state index in [9.17, 15) is 32.9 Å². The van der Waals surface area contributed by atoms with Gasteiger partial charge >= 0.3 is 23.5 Å². The number of phosphoric ester groups is 1. The number of aliphatic hydroxyl groups excluding tert-OH is 1. The Hall–Kier alpha value is -0.770. The highest BCUT2D eigenvalue weighted by molar-refractivity contribution is 7.66. The molecule has 0 bridgehead atoms. The van der Waals surface area contributed by atoms with Crippen LogP contribution in [0.25, 0.3) is 0 Å². The van der Waals surface area contributed by atoms with Gasteiger partial charge in [-0.2, -0.15) is 13.6 Å². The van der Waals surface area contributed by atoms with Crippen LogP contribution in [0.3, 0.4) is 0 Å². The summed E-state index contributed by atoms with van der Waals surface area (Å²) < 4.78 is 64.9. The zero-order valence-corrected chi connectivity index (χ0v) is 18.3. The van der Waals surface area contributed by atoms with Gasteiger partial charge < -0.3 is 40.1 Å². The van der Waals surface area contributed by atoms with Crippen LogP contribution in [0.5, 0.6) is 0 Å². The number of nitrogens with two attached hydrogens (primary N) is 1. The lowest BCUT2D eigenvalue weighted by atomic mass is 10.1. The van der Waals surface area contributed by atoms with Crippen molar-refractivity contribution in [2.24, 2.45) is 10.7 Å². The first-order chi connectivity index (χ1) is 13.9. The number of aliphatic hydroxyl groups is 1. The third-order valence-corrected chi connectivity index (χ3v) is 7.72. The highest BCUT2D eigenvalue weighted by Gasteiger charge is 2.59. The van der Waals surface area contributed by atoms with E-state index in [1.54, 1.807) is 0 Å². The summed E-state index contributed by atoms with van der Waals surface area (Å²) in [4.78, 5) is 51.4. The van der Waals surface area contributed by atoms with Gasteiger partial charge in [0, 0.05) is 6.20 Å². The van der Waals surface area contributed by atoms with Gasteiger partial charge in [0.2, 0.25) is 0 Å². The van der Waals surface area contributed by atoms with Gasteiger partial charge in [0.05, 0.1) is 6.61 Å². The molecule has 0 radical (unpaired) electrons. The maximum atomic E-state index is 14.9. The Morgan fingerprint density at radius 1 is 1.29 bits per heavy atom. The van der Waals surface area contributed by atoms with Crippen LogP contribution in [-0.2, 0) is 36.4 Å². The number of halogens is 2. The van der Waals surface area contributed by atoms with Crippen molar-refractivity contribution in [1.29, 1.82) is 0 Å². The molecule has 2 unspecified atom stereocenters. The van der Waals surface area contributed by atoms with Gasteiger partial charge in [0.15, 0.2) is 6.23 Å². The molecule has 16 nitrogen and oxygen atoms in total. The second-order valence-electron chi connectivity index (χ2n) is 5.95. The van der Waals surface area contributed by atoms with Crippen LogP contribution in [0, 0.1) is 0 Å².